The van der Waals surface area contributed by atoms with Gasteiger partial charge in [-0.3, -0.25) is 0 Å². The Morgan fingerprint density at radius 1 is 1.32 bits per heavy atom. The fraction of sp³-hybridized carbons (Fsp3) is 0.750. The molecule has 0 aliphatic heterocycles. The van der Waals surface area contributed by atoms with E-state index in [0.29, 0.717) is 18.0 Å². The highest BCUT2D eigenvalue weighted by Gasteiger charge is 2.26. The first-order chi connectivity index (χ1) is 8.66. The molecule has 0 unspecified atom stereocenters. The molecular weight excluding hydrogens is 261 g/mol. The zero-order valence-corrected chi connectivity index (χ0v) is 11.3. The Morgan fingerprint density at radius 3 is 2.58 bits per heavy atom. The molecule has 1 N–H and O–H groups in total. The van der Waals surface area contributed by atoms with Crippen LogP contribution in [0.15, 0.2) is 10.6 Å². The number of hydrogen-bond acceptors (Lipinski definition) is 4. The third-order valence-electron chi connectivity index (χ3n) is 2.18. The predicted molar refractivity (Wildman–Crippen MR) is 63.4 cm³/mol. The van der Waals surface area contributed by atoms with E-state index in [-0.39, 0.29) is 18.8 Å². The topological polar surface area (TPSA) is 47.3 Å². The average molecular weight is 280 g/mol. The van der Waals surface area contributed by atoms with Crippen molar-refractivity contribution in [1.82, 2.24) is 10.5 Å². The molecule has 19 heavy (non-hydrogen) atoms. The number of nitrogens with zero attached hydrogens (tertiary/aromatic N) is 1. The summed E-state index contributed by atoms with van der Waals surface area (Å²) in [6.45, 7) is 6.23. The molecular formula is C12H19F3N2O2. The van der Waals surface area contributed by atoms with E-state index in [1.165, 1.54) is 0 Å². The number of ether oxygens (including phenoxy) is 1. The van der Waals surface area contributed by atoms with Crippen LogP contribution in [-0.2, 0) is 17.9 Å². The van der Waals surface area contributed by atoms with Gasteiger partial charge in [0.1, 0.15) is 6.61 Å². The number of nitrogens with one attached hydrogen (secondary N) is 1. The molecule has 0 atom stereocenters. The fourth-order valence-corrected chi connectivity index (χ4v) is 1.22. The third-order valence-corrected chi connectivity index (χ3v) is 2.18. The maximum absolute atomic E-state index is 11.9. The lowest BCUT2D eigenvalue weighted by atomic mass is 10.1. The SMILES string of the molecule is CC(C)(C)NCc1cc(COCCC(F)(F)F)on1. The van der Waals surface area contributed by atoms with E-state index in [1.807, 2.05) is 20.8 Å². The lowest BCUT2D eigenvalue weighted by Crippen LogP contribution is -2.35. The summed E-state index contributed by atoms with van der Waals surface area (Å²) in [5.74, 6) is 0.424. The zero-order valence-electron chi connectivity index (χ0n) is 11.3. The highest BCUT2D eigenvalue weighted by atomic mass is 19.4. The van der Waals surface area contributed by atoms with E-state index in [9.17, 15) is 13.2 Å². The minimum Gasteiger partial charge on any atom is -0.373 e. The van der Waals surface area contributed by atoms with Gasteiger partial charge in [-0.15, -0.1) is 0 Å². The van der Waals surface area contributed by atoms with Crippen LogP contribution >= 0.6 is 0 Å². The van der Waals surface area contributed by atoms with Crippen molar-refractivity contribution in [2.75, 3.05) is 6.61 Å². The molecule has 1 aromatic rings. The first-order valence-electron chi connectivity index (χ1n) is 6.00. The molecule has 0 aromatic carbocycles. The molecule has 1 aromatic heterocycles. The average Bonchev–Trinajstić information content (AvgIpc) is 2.67. The number of rotatable bonds is 6. The molecule has 0 saturated carbocycles. The second-order valence-electron chi connectivity index (χ2n) is 5.31. The lowest BCUT2D eigenvalue weighted by Gasteiger charge is -2.19. The van der Waals surface area contributed by atoms with Crippen molar-refractivity contribution in [2.45, 2.75) is 52.1 Å². The van der Waals surface area contributed by atoms with Crippen LogP contribution in [0.4, 0.5) is 13.2 Å². The van der Waals surface area contributed by atoms with Gasteiger partial charge in [-0.25, -0.2) is 0 Å². The summed E-state index contributed by atoms with van der Waals surface area (Å²) in [6.07, 6.45) is -5.15. The van der Waals surface area contributed by atoms with Crippen LogP contribution in [0, 0.1) is 0 Å². The van der Waals surface area contributed by atoms with Crippen molar-refractivity contribution in [3.05, 3.63) is 17.5 Å². The third kappa shape index (κ3) is 7.84. The van der Waals surface area contributed by atoms with Gasteiger partial charge >= 0.3 is 6.18 Å². The van der Waals surface area contributed by atoms with Gasteiger partial charge in [-0.05, 0) is 20.8 Å². The summed E-state index contributed by atoms with van der Waals surface area (Å²) in [4.78, 5) is 0. The fourth-order valence-electron chi connectivity index (χ4n) is 1.22. The number of aromatic nitrogens is 1. The Kier molecular flexibility index (Phi) is 5.37. The summed E-state index contributed by atoms with van der Waals surface area (Å²) in [6, 6.07) is 1.67. The highest BCUT2D eigenvalue weighted by molar-refractivity contribution is 5.04. The molecule has 0 bridgehead atoms. The monoisotopic (exact) mass is 280 g/mol. The van der Waals surface area contributed by atoms with E-state index in [4.69, 9.17) is 9.26 Å². The van der Waals surface area contributed by atoms with Gasteiger partial charge in [0.05, 0.1) is 18.7 Å². The van der Waals surface area contributed by atoms with Gasteiger partial charge in [0.15, 0.2) is 5.76 Å². The molecule has 4 nitrogen and oxygen atoms in total. The molecule has 110 valence electrons. The van der Waals surface area contributed by atoms with Crippen LogP contribution in [-0.4, -0.2) is 23.5 Å². The van der Waals surface area contributed by atoms with E-state index in [1.54, 1.807) is 6.07 Å². The molecule has 0 amide bonds. The molecule has 0 aliphatic rings. The lowest BCUT2D eigenvalue weighted by molar-refractivity contribution is -0.146. The maximum atomic E-state index is 11.9. The Morgan fingerprint density at radius 2 is 2.00 bits per heavy atom. The van der Waals surface area contributed by atoms with Gasteiger partial charge in [0, 0.05) is 18.2 Å². The van der Waals surface area contributed by atoms with Crippen molar-refractivity contribution in [3.63, 3.8) is 0 Å². The first-order valence-corrected chi connectivity index (χ1v) is 6.00. The van der Waals surface area contributed by atoms with E-state index >= 15 is 0 Å². The largest absolute Gasteiger partial charge is 0.391 e. The Labute approximate surface area is 110 Å². The van der Waals surface area contributed by atoms with E-state index in [0.717, 1.165) is 0 Å². The van der Waals surface area contributed by atoms with Gasteiger partial charge < -0.3 is 14.6 Å². The van der Waals surface area contributed by atoms with Crippen LogP contribution in [0.5, 0.6) is 0 Å². The summed E-state index contributed by atoms with van der Waals surface area (Å²) in [7, 11) is 0. The van der Waals surface area contributed by atoms with Gasteiger partial charge in [-0.2, -0.15) is 13.2 Å². The van der Waals surface area contributed by atoms with Crippen LogP contribution in [0.25, 0.3) is 0 Å². The van der Waals surface area contributed by atoms with Gasteiger partial charge in [0.2, 0.25) is 0 Å². The first kappa shape index (κ1) is 16.0. The van der Waals surface area contributed by atoms with Crippen molar-refractivity contribution < 1.29 is 22.4 Å². The Bertz CT molecular complexity index is 383. The molecule has 1 rings (SSSR count). The molecule has 0 spiro atoms. The van der Waals surface area contributed by atoms with Crippen LogP contribution < -0.4 is 5.32 Å². The van der Waals surface area contributed by atoms with Crippen molar-refractivity contribution in [2.24, 2.45) is 0 Å². The van der Waals surface area contributed by atoms with Crippen molar-refractivity contribution in [3.8, 4) is 0 Å². The number of hydrogen-bond donors (Lipinski definition) is 1. The minimum atomic E-state index is -4.19. The second kappa shape index (κ2) is 6.38. The van der Waals surface area contributed by atoms with Crippen LogP contribution in [0.2, 0.25) is 0 Å². The normalized spacial score (nSPS) is 12.9. The van der Waals surface area contributed by atoms with Crippen LogP contribution in [0.3, 0.4) is 0 Å². The van der Waals surface area contributed by atoms with Crippen LogP contribution in [0.1, 0.15) is 38.6 Å². The predicted octanol–water partition coefficient (Wildman–Crippen LogP) is 3.03. The Hall–Kier alpha value is -1.08. The number of halogens is 3. The molecule has 0 fully saturated rings. The molecule has 1 heterocycles. The van der Waals surface area contributed by atoms with Crippen molar-refractivity contribution >= 4 is 0 Å². The van der Waals surface area contributed by atoms with Gasteiger partial charge in [0.25, 0.3) is 0 Å². The standard InChI is InChI=1S/C12H19F3N2O2/c1-11(2,3)16-7-9-6-10(19-17-9)8-18-5-4-12(13,14)15/h6,16H,4-5,7-8H2,1-3H3. The molecule has 0 saturated heterocycles. The Balaban J connectivity index is 2.27. The summed E-state index contributed by atoms with van der Waals surface area (Å²) in [5.41, 5.74) is 0.659. The van der Waals surface area contributed by atoms with E-state index in [2.05, 4.69) is 10.5 Å². The summed E-state index contributed by atoms with van der Waals surface area (Å²) >= 11 is 0. The second-order valence-corrected chi connectivity index (χ2v) is 5.31. The quantitative estimate of drug-likeness (QED) is 0.814. The smallest absolute Gasteiger partial charge is 0.373 e. The minimum absolute atomic E-state index is 0.00139. The number of alkyl halides is 3. The highest BCUT2D eigenvalue weighted by Crippen LogP contribution is 2.19. The van der Waals surface area contributed by atoms with Gasteiger partial charge in [-0.1, -0.05) is 5.16 Å². The zero-order chi connectivity index (χ0) is 14.5. The molecule has 7 heteroatoms. The summed E-state index contributed by atoms with van der Waals surface area (Å²) < 4.78 is 45.5. The van der Waals surface area contributed by atoms with E-state index < -0.39 is 12.6 Å². The summed E-state index contributed by atoms with van der Waals surface area (Å²) in [5, 5.41) is 7.03. The molecule has 0 radical (unpaired) electrons. The van der Waals surface area contributed by atoms with Crippen molar-refractivity contribution in [1.29, 1.82) is 0 Å². The molecule has 0 aliphatic carbocycles. The maximum Gasteiger partial charge on any atom is 0.391 e.